The summed E-state index contributed by atoms with van der Waals surface area (Å²) in [5.41, 5.74) is 3.79. The van der Waals surface area contributed by atoms with Gasteiger partial charge in [-0.15, -0.1) is 0 Å². The van der Waals surface area contributed by atoms with Gasteiger partial charge in [0.15, 0.2) is 11.5 Å². The Bertz CT molecular complexity index is 1070. The van der Waals surface area contributed by atoms with Crippen LogP contribution in [-0.2, 0) is 23.0 Å². The Morgan fingerprint density at radius 1 is 0.879 bits per heavy atom. The number of fused-ring (bicyclic) bond motifs is 1. The molecule has 8 heteroatoms. The molecule has 3 aliphatic rings. The van der Waals surface area contributed by atoms with E-state index in [0.29, 0.717) is 32.3 Å². The zero-order valence-electron chi connectivity index (χ0n) is 19.3. The van der Waals surface area contributed by atoms with Crippen LogP contribution in [0.4, 0.5) is 5.69 Å². The van der Waals surface area contributed by atoms with Crippen molar-refractivity contribution in [3.05, 3.63) is 53.6 Å². The van der Waals surface area contributed by atoms with Gasteiger partial charge in [-0.1, -0.05) is 18.2 Å². The zero-order chi connectivity index (χ0) is 22.8. The number of nitrogens with zero attached hydrogens (tertiary/aromatic N) is 3. The van der Waals surface area contributed by atoms with E-state index in [-0.39, 0.29) is 0 Å². The lowest BCUT2D eigenvalue weighted by Gasteiger charge is -2.34. The highest BCUT2D eigenvalue weighted by molar-refractivity contribution is 7.88. The Labute approximate surface area is 196 Å². The summed E-state index contributed by atoms with van der Waals surface area (Å²) in [4.78, 5) is 4.86. The smallest absolute Gasteiger partial charge is 0.211 e. The molecule has 3 heterocycles. The fraction of sp³-hybridized carbons (Fsp3) is 0.520. The molecule has 7 nitrogen and oxygen atoms in total. The highest BCUT2D eigenvalue weighted by atomic mass is 32.2. The fourth-order valence-corrected chi connectivity index (χ4v) is 5.97. The van der Waals surface area contributed by atoms with Gasteiger partial charge >= 0.3 is 0 Å². The van der Waals surface area contributed by atoms with Crippen LogP contribution in [0, 0.1) is 0 Å². The Morgan fingerprint density at radius 3 is 2.30 bits per heavy atom. The first kappa shape index (κ1) is 22.5. The second-order valence-corrected chi connectivity index (χ2v) is 11.2. The van der Waals surface area contributed by atoms with Gasteiger partial charge in [-0.2, -0.15) is 4.31 Å². The highest BCUT2D eigenvalue weighted by Crippen LogP contribution is 2.32. The third-order valence-electron chi connectivity index (χ3n) is 6.97. The summed E-state index contributed by atoms with van der Waals surface area (Å²) in [6.45, 7) is 5.90. The Morgan fingerprint density at radius 2 is 1.58 bits per heavy atom. The first-order chi connectivity index (χ1) is 16.0. The lowest BCUT2D eigenvalue weighted by molar-refractivity contribution is 0.171. The third kappa shape index (κ3) is 5.28. The zero-order valence-corrected chi connectivity index (χ0v) is 20.1. The van der Waals surface area contributed by atoms with E-state index < -0.39 is 10.0 Å². The van der Waals surface area contributed by atoms with Crippen molar-refractivity contribution in [3.63, 3.8) is 0 Å². The van der Waals surface area contributed by atoms with Gasteiger partial charge in [-0.25, -0.2) is 8.42 Å². The minimum absolute atomic E-state index is 0.538. The summed E-state index contributed by atoms with van der Waals surface area (Å²) >= 11 is 0. The fourth-order valence-electron chi connectivity index (χ4n) is 5.15. The second-order valence-electron chi connectivity index (χ2n) is 9.26. The topological polar surface area (TPSA) is 62.3 Å². The van der Waals surface area contributed by atoms with E-state index in [2.05, 4.69) is 46.2 Å². The number of hydrogen-bond donors (Lipinski definition) is 0. The molecule has 0 spiro atoms. The maximum absolute atomic E-state index is 11.7. The van der Waals surface area contributed by atoms with Crippen LogP contribution in [0.3, 0.4) is 0 Å². The van der Waals surface area contributed by atoms with Crippen LogP contribution in [0.2, 0.25) is 0 Å². The normalized spacial score (nSPS) is 22.0. The van der Waals surface area contributed by atoms with E-state index in [1.807, 2.05) is 6.07 Å². The van der Waals surface area contributed by atoms with Crippen LogP contribution >= 0.6 is 0 Å². The van der Waals surface area contributed by atoms with Crippen molar-refractivity contribution in [1.29, 1.82) is 0 Å². The number of piperazine rings is 1. The minimum Gasteiger partial charge on any atom is -0.486 e. The van der Waals surface area contributed by atoms with E-state index in [4.69, 9.17) is 9.47 Å². The number of anilines is 1. The van der Waals surface area contributed by atoms with Crippen molar-refractivity contribution >= 4 is 15.7 Å². The highest BCUT2D eigenvalue weighted by Gasteiger charge is 2.26. The van der Waals surface area contributed by atoms with Crippen LogP contribution < -0.4 is 14.4 Å². The minimum atomic E-state index is -3.10. The molecule has 0 radical (unpaired) electrons. The van der Waals surface area contributed by atoms with Crippen molar-refractivity contribution < 1.29 is 17.9 Å². The van der Waals surface area contributed by atoms with Crippen molar-refractivity contribution in [2.45, 2.75) is 31.8 Å². The number of hydrogen-bond acceptors (Lipinski definition) is 6. The molecular formula is C25H33N3O4S. The largest absolute Gasteiger partial charge is 0.486 e. The second kappa shape index (κ2) is 9.52. The molecule has 0 saturated carbocycles. The van der Waals surface area contributed by atoms with Gasteiger partial charge in [0.25, 0.3) is 0 Å². The summed E-state index contributed by atoms with van der Waals surface area (Å²) in [6, 6.07) is 15.7. The number of ether oxygens (including phenoxy) is 2. The Balaban J connectivity index is 1.18. The molecule has 0 N–H and O–H groups in total. The molecular weight excluding hydrogens is 438 g/mol. The van der Waals surface area contributed by atoms with E-state index in [9.17, 15) is 8.42 Å². The van der Waals surface area contributed by atoms with Crippen LogP contribution in [0.25, 0.3) is 0 Å². The van der Waals surface area contributed by atoms with Crippen molar-refractivity contribution in [2.24, 2.45) is 0 Å². The molecule has 2 fully saturated rings. The molecule has 1 unspecified atom stereocenters. The lowest BCUT2D eigenvalue weighted by atomic mass is 10.0. The molecule has 0 amide bonds. The number of benzene rings is 2. The van der Waals surface area contributed by atoms with Crippen molar-refractivity contribution in [2.75, 3.05) is 57.1 Å². The van der Waals surface area contributed by atoms with Gasteiger partial charge in [0.2, 0.25) is 10.0 Å². The average molecular weight is 472 g/mol. The quantitative estimate of drug-likeness (QED) is 0.646. The number of rotatable bonds is 6. The van der Waals surface area contributed by atoms with Gasteiger partial charge < -0.3 is 14.4 Å². The summed E-state index contributed by atoms with van der Waals surface area (Å²) in [7, 11) is -3.10. The predicted molar refractivity (Wildman–Crippen MR) is 130 cm³/mol. The third-order valence-corrected chi connectivity index (χ3v) is 8.27. The molecule has 178 valence electrons. The summed E-state index contributed by atoms with van der Waals surface area (Å²) < 4.78 is 36.4. The lowest BCUT2D eigenvalue weighted by Crippen LogP contribution is -2.48. The number of sulfonamides is 1. The molecule has 2 saturated heterocycles. The molecule has 5 rings (SSSR count). The SMILES string of the molecule is CS(=O)(=O)N1CCN(c2ccc(CN3CCCC3Cc3ccc4c(c3)OCCO4)cc2)CC1. The molecule has 3 aliphatic heterocycles. The van der Waals surface area contributed by atoms with Gasteiger partial charge in [-0.05, 0) is 61.2 Å². The van der Waals surface area contributed by atoms with Crippen LogP contribution in [0.5, 0.6) is 11.5 Å². The predicted octanol–water partition coefficient (Wildman–Crippen LogP) is 2.75. The Hall–Kier alpha value is -2.29. The first-order valence-corrected chi connectivity index (χ1v) is 13.7. The van der Waals surface area contributed by atoms with E-state index in [0.717, 1.165) is 44.1 Å². The maximum atomic E-state index is 11.7. The van der Waals surface area contributed by atoms with Crippen molar-refractivity contribution in [1.82, 2.24) is 9.21 Å². The van der Waals surface area contributed by atoms with Crippen molar-refractivity contribution in [3.8, 4) is 11.5 Å². The average Bonchev–Trinajstić information content (AvgIpc) is 3.25. The van der Waals surface area contributed by atoms with E-state index in [1.54, 1.807) is 4.31 Å². The summed E-state index contributed by atoms with van der Waals surface area (Å²) in [6.07, 6.45) is 4.77. The van der Waals surface area contributed by atoms with Crippen LogP contribution in [-0.4, -0.2) is 75.9 Å². The summed E-state index contributed by atoms with van der Waals surface area (Å²) in [5, 5.41) is 0. The van der Waals surface area contributed by atoms with Crippen LogP contribution in [0.15, 0.2) is 42.5 Å². The molecule has 2 aromatic carbocycles. The van der Waals surface area contributed by atoms with E-state index in [1.165, 1.54) is 35.9 Å². The molecule has 1 atom stereocenters. The maximum Gasteiger partial charge on any atom is 0.211 e. The van der Waals surface area contributed by atoms with Crippen LogP contribution in [0.1, 0.15) is 24.0 Å². The Kier molecular flexibility index (Phi) is 6.49. The van der Waals surface area contributed by atoms with Gasteiger partial charge in [0.05, 0.1) is 6.26 Å². The molecule has 0 bridgehead atoms. The first-order valence-electron chi connectivity index (χ1n) is 11.9. The van der Waals surface area contributed by atoms with Gasteiger partial charge in [0.1, 0.15) is 13.2 Å². The molecule has 0 aliphatic carbocycles. The molecule has 0 aromatic heterocycles. The standard InChI is InChI=1S/C25H33N3O4S/c1-33(29,30)28-13-11-26(12-14-28)22-7-4-20(5-8-22)19-27-10-2-3-23(27)17-21-6-9-24-25(18-21)32-16-15-31-24/h4-9,18,23H,2-3,10-17,19H2,1H3. The van der Waals surface area contributed by atoms with Gasteiger partial charge in [0, 0.05) is 44.5 Å². The van der Waals surface area contributed by atoms with Gasteiger partial charge in [-0.3, -0.25) is 4.90 Å². The molecule has 33 heavy (non-hydrogen) atoms. The van der Waals surface area contributed by atoms with E-state index >= 15 is 0 Å². The molecule has 2 aromatic rings. The monoisotopic (exact) mass is 471 g/mol. The number of likely N-dealkylation sites (tertiary alicyclic amines) is 1. The summed E-state index contributed by atoms with van der Waals surface area (Å²) in [5.74, 6) is 1.72.